The van der Waals surface area contributed by atoms with E-state index in [2.05, 4.69) is 5.32 Å². The lowest BCUT2D eigenvalue weighted by molar-refractivity contribution is 0.102. The van der Waals surface area contributed by atoms with E-state index < -0.39 is 23.4 Å². The van der Waals surface area contributed by atoms with Crippen LogP contribution in [0.1, 0.15) is 10.4 Å². The lowest BCUT2D eigenvalue weighted by Crippen LogP contribution is -2.14. The van der Waals surface area contributed by atoms with E-state index in [1.54, 1.807) is 0 Å². The number of anilines is 1. The summed E-state index contributed by atoms with van der Waals surface area (Å²) < 4.78 is 39.7. The maximum atomic E-state index is 13.4. The van der Waals surface area contributed by atoms with E-state index in [9.17, 15) is 18.0 Å². The van der Waals surface area contributed by atoms with E-state index in [1.165, 1.54) is 0 Å². The molecule has 0 unspecified atom stereocenters. The fraction of sp³-hybridized carbons (Fsp3) is 0. The van der Waals surface area contributed by atoms with E-state index in [1.807, 2.05) is 0 Å². The minimum Gasteiger partial charge on any atom is -0.319 e. The Morgan fingerprint density at radius 2 is 1.65 bits per heavy atom. The first-order chi connectivity index (χ1) is 9.38. The number of hydrogen-bond acceptors (Lipinski definition) is 1. The van der Waals surface area contributed by atoms with Gasteiger partial charge in [-0.05, 0) is 24.3 Å². The van der Waals surface area contributed by atoms with E-state index in [0.29, 0.717) is 0 Å². The van der Waals surface area contributed by atoms with Crippen LogP contribution in [0.5, 0.6) is 0 Å². The molecule has 0 atom stereocenters. The summed E-state index contributed by atoms with van der Waals surface area (Å²) in [6.07, 6.45) is 0. The number of carbonyl (C=O) groups excluding carboxylic acids is 1. The molecule has 0 bridgehead atoms. The molecule has 104 valence electrons. The Bertz CT molecular complexity index is 692. The molecule has 0 aliphatic carbocycles. The quantitative estimate of drug-likeness (QED) is 0.801. The standard InChI is InChI=1S/C13H6Cl2F3NO/c14-8-5-9(15)11(18)4-7(8)13(20)19-12-3-6(16)1-2-10(12)17/h1-5H,(H,19,20). The fourth-order valence-corrected chi connectivity index (χ4v) is 1.95. The Labute approximate surface area is 122 Å². The Morgan fingerprint density at radius 1 is 0.950 bits per heavy atom. The third-order valence-corrected chi connectivity index (χ3v) is 3.03. The minimum atomic E-state index is -0.880. The lowest BCUT2D eigenvalue weighted by Gasteiger charge is -2.08. The maximum absolute atomic E-state index is 13.4. The monoisotopic (exact) mass is 319 g/mol. The number of nitrogens with one attached hydrogen (secondary N) is 1. The summed E-state index contributed by atoms with van der Waals surface area (Å²) in [5, 5.41) is 1.75. The zero-order chi connectivity index (χ0) is 14.9. The van der Waals surface area contributed by atoms with Gasteiger partial charge in [-0.3, -0.25) is 4.79 Å². The van der Waals surface area contributed by atoms with Gasteiger partial charge in [0, 0.05) is 6.07 Å². The summed E-state index contributed by atoms with van der Waals surface area (Å²) in [7, 11) is 0. The van der Waals surface area contributed by atoms with Crippen molar-refractivity contribution in [2.75, 3.05) is 5.32 Å². The van der Waals surface area contributed by atoms with Gasteiger partial charge < -0.3 is 5.32 Å². The summed E-state index contributed by atoms with van der Waals surface area (Å²) in [5.74, 6) is -3.28. The zero-order valence-electron chi connectivity index (χ0n) is 9.68. The van der Waals surface area contributed by atoms with Gasteiger partial charge in [0.2, 0.25) is 0 Å². The number of halogens is 5. The van der Waals surface area contributed by atoms with Crippen molar-refractivity contribution in [3.05, 3.63) is 63.4 Å². The average molecular weight is 320 g/mol. The summed E-state index contributed by atoms with van der Waals surface area (Å²) >= 11 is 11.2. The summed E-state index contributed by atoms with van der Waals surface area (Å²) in [6.45, 7) is 0. The Hall–Kier alpha value is -1.72. The second-order valence-electron chi connectivity index (χ2n) is 3.82. The first-order valence-electron chi connectivity index (χ1n) is 5.29. The molecule has 2 nitrogen and oxygen atoms in total. The molecule has 2 aromatic carbocycles. The van der Waals surface area contributed by atoms with Crippen LogP contribution >= 0.6 is 23.2 Å². The molecule has 7 heteroatoms. The third kappa shape index (κ3) is 3.05. The molecule has 20 heavy (non-hydrogen) atoms. The molecule has 1 N–H and O–H groups in total. The highest BCUT2D eigenvalue weighted by atomic mass is 35.5. The lowest BCUT2D eigenvalue weighted by atomic mass is 10.2. The van der Waals surface area contributed by atoms with Crippen molar-refractivity contribution in [1.29, 1.82) is 0 Å². The van der Waals surface area contributed by atoms with Gasteiger partial charge in [0.25, 0.3) is 5.91 Å². The summed E-state index contributed by atoms with van der Waals surface area (Å²) in [4.78, 5) is 11.9. The van der Waals surface area contributed by atoms with Gasteiger partial charge in [0.15, 0.2) is 0 Å². The smallest absolute Gasteiger partial charge is 0.257 e. The average Bonchev–Trinajstić information content (AvgIpc) is 2.38. The second-order valence-corrected chi connectivity index (χ2v) is 4.64. The second kappa shape index (κ2) is 5.73. The molecule has 0 saturated carbocycles. The zero-order valence-corrected chi connectivity index (χ0v) is 11.2. The predicted molar refractivity (Wildman–Crippen MR) is 70.7 cm³/mol. The van der Waals surface area contributed by atoms with E-state index in [0.717, 1.165) is 30.3 Å². The molecule has 0 saturated heterocycles. The number of carbonyl (C=O) groups is 1. The Balaban J connectivity index is 2.33. The number of rotatable bonds is 2. The van der Waals surface area contributed by atoms with Gasteiger partial charge in [-0.25, -0.2) is 13.2 Å². The number of amides is 1. The SMILES string of the molecule is O=C(Nc1cc(F)ccc1F)c1cc(F)c(Cl)cc1Cl. The number of benzene rings is 2. The first-order valence-corrected chi connectivity index (χ1v) is 6.05. The Morgan fingerprint density at radius 3 is 2.35 bits per heavy atom. The van der Waals surface area contributed by atoms with Gasteiger partial charge in [0.05, 0.1) is 21.3 Å². The van der Waals surface area contributed by atoms with Crippen LogP contribution < -0.4 is 5.32 Å². The molecule has 2 aromatic rings. The maximum Gasteiger partial charge on any atom is 0.257 e. The third-order valence-electron chi connectivity index (χ3n) is 2.43. The molecule has 1 amide bonds. The highest BCUT2D eigenvalue weighted by Gasteiger charge is 2.16. The molecule has 2 rings (SSSR count). The normalized spacial score (nSPS) is 10.4. The van der Waals surface area contributed by atoms with Crippen molar-refractivity contribution in [3.63, 3.8) is 0 Å². The minimum absolute atomic E-state index is 0.106. The number of hydrogen-bond donors (Lipinski definition) is 1. The summed E-state index contributed by atoms with van der Waals surface area (Å²) in [6, 6.07) is 4.43. The van der Waals surface area contributed by atoms with Crippen molar-refractivity contribution in [3.8, 4) is 0 Å². The van der Waals surface area contributed by atoms with Crippen LogP contribution in [0.15, 0.2) is 30.3 Å². The van der Waals surface area contributed by atoms with Gasteiger partial charge in [-0.1, -0.05) is 23.2 Å². The molecular formula is C13H6Cl2F3NO. The van der Waals surface area contributed by atoms with Crippen LogP contribution in [0, 0.1) is 17.5 Å². The Kier molecular flexibility index (Phi) is 4.20. The van der Waals surface area contributed by atoms with Gasteiger partial charge in [-0.15, -0.1) is 0 Å². The van der Waals surface area contributed by atoms with Gasteiger partial charge in [0.1, 0.15) is 17.5 Å². The molecule has 0 aromatic heterocycles. The van der Waals surface area contributed by atoms with Gasteiger partial charge in [-0.2, -0.15) is 0 Å². The van der Waals surface area contributed by atoms with E-state index >= 15 is 0 Å². The van der Waals surface area contributed by atoms with E-state index in [4.69, 9.17) is 23.2 Å². The van der Waals surface area contributed by atoms with Crippen LogP contribution in [0.2, 0.25) is 10.0 Å². The van der Waals surface area contributed by atoms with Crippen molar-refractivity contribution in [1.82, 2.24) is 0 Å². The highest BCUT2D eigenvalue weighted by Crippen LogP contribution is 2.25. The fourth-order valence-electron chi connectivity index (χ4n) is 1.48. The van der Waals surface area contributed by atoms with Crippen molar-refractivity contribution >= 4 is 34.8 Å². The molecule has 0 aliphatic heterocycles. The van der Waals surface area contributed by atoms with E-state index in [-0.39, 0.29) is 21.3 Å². The van der Waals surface area contributed by atoms with Crippen molar-refractivity contribution in [2.24, 2.45) is 0 Å². The van der Waals surface area contributed by atoms with Crippen LogP contribution in [0.25, 0.3) is 0 Å². The van der Waals surface area contributed by atoms with Crippen LogP contribution in [-0.2, 0) is 0 Å². The molecule has 0 radical (unpaired) electrons. The van der Waals surface area contributed by atoms with Crippen molar-refractivity contribution in [2.45, 2.75) is 0 Å². The largest absolute Gasteiger partial charge is 0.319 e. The highest BCUT2D eigenvalue weighted by molar-refractivity contribution is 6.37. The molecular weight excluding hydrogens is 314 g/mol. The topological polar surface area (TPSA) is 29.1 Å². The summed E-state index contributed by atoms with van der Waals surface area (Å²) in [5.41, 5.74) is -0.612. The molecule has 0 aliphatic rings. The van der Waals surface area contributed by atoms with Crippen LogP contribution in [0.3, 0.4) is 0 Å². The van der Waals surface area contributed by atoms with Crippen molar-refractivity contribution < 1.29 is 18.0 Å². The van der Waals surface area contributed by atoms with Gasteiger partial charge >= 0.3 is 0 Å². The van der Waals surface area contributed by atoms with Crippen LogP contribution in [-0.4, -0.2) is 5.91 Å². The molecule has 0 spiro atoms. The molecule has 0 heterocycles. The van der Waals surface area contributed by atoms with Crippen LogP contribution in [0.4, 0.5) is 18.9 Å². The molecule has 0 fully saturated rings. The first kappa shape index (κ1) is 14.7. The predicted octanol–water partition coefficient (Wildman–Crippen LogP) is 4.66.